The van der Waals surface area contributed by atoms with Gasteiger partial charge in [0.05, 0.1) is 50.6 Å². The first kappa shape index (κ1) is 25.3. The van der Waals surface area contributed by atoms with Crippen LogP contribution in [0.1, 0.15) is 29.5 Å². The first-order valence-electron chi connectivity index (χ1n) is 11.5. The van der Waals surface area contributed by atoms with E-state index in [-0.39, 0.29) is 25.6 Å². The topological polar surface area (TPSA) is 157 Å². The number of esters is 1. The minimum Gasteiger partial charge on any atom is -0.481 e. The van der Waals surface area contributed by atoms with Crippen LogP contribution in [0.3, 0.4) is 0 Å². The van der Waals surface area contributed by atoms with Gasteiger partial charge >= 0.3 is 11.9 Å². The summed E-state index contributed by atoms with van der Waals surface area (Å²) in [6.45, 7) is 1.75. The fourth-order valence-electron chi connectivity index (χ4n) is 5.32. The second-order valence-electron chi connectivity index (χ2n) is 9.40. The van der Waals surface area contributed by atoms with Crippen LogP contribution in [0, 0.1) is 22.0 Å². The highest BCUT2D eigenvalue weighted by Gasteiger charge is 2.60. The second-order valence-corrected chi connectivity index (χ2v) is 9.84. The van der Waals surface area contributed by atoms with Gasteiger partial charge in [0.2, 0.25) is 0 Å². The molecule has 13 heteroatoms. The summed E-state index contributed by atoms with van der Waals surface area (Å²) in [5, 5.41) is 20.8. The van der Waals surface area contributed by atoms with Gasteiger partial charge < -0.3 is 28.9 Å². The lowest BCUT2D eigenvalue weighted by Crippen LogP contribution is -2.46. The summed E-state index contributed by atoms with van der Waals surface area (Å²) in [7, 11) is 0. The SMILES string of the molecule is C[C@@]1(O[N+](=O)[O-])CO[C@@H]2C(C(C(=O)Oc3cncc4c3COC4)[C@@H](C(=O)O)c3ccc(Cl)cc3)CO[C@@H]21. The van der Waals surface area contributed by atoms with Gasteiger partial charge in [0.25, 0.3) is 5.09 Å². The Hall–Kier alpha value is -3.32. The molecular weight excluding hydrogens is 512 g/mol. The number of hydrogen-bond donors (Lipinski definition) is 1. The largest absolute Gasteiger partial charge is 0.481 e. The zero-order valence-electron chi connectivity index (χ0n) is 19.6. The maximum absolute atomic E-state index is 13.8. The van der Waals surface area contributed by atoms with Crippen LogP contribution < -0.4 is 4.74 Å². The van der Waals surface area contributed by atoms with Crippen LogP contribution in [0.4, 0.5) is 0 Å². The number of rotatable bonds is 8. The van der Waals surface area contributed by atoms with Crippen LogP contribution in [0.25, 0.3) is 0 Å². The minimum absolute atomic E-state index is 0.0998. The molecule has 0 aliphatic carbocycles. The lowest BCUT2D eigenvalue weighted by Gasteiger charge is -2.30. The number of hydrogen-bond acceptors (Lipinski definition) is 10. The van der Waals surface area contributed by atoms with E-state index >= 15 is 0 Å². The molecule has 2 unspecified atom stereocenters. The molecule has 0 radical (unpaired) electrons. The quantitative estimate of drug-likeness (QED) is 0.301. The van der Waals surface area contributed by atoms with E-state index in [4.69, 9.17) is 35.4 Å². The van der Waals surface area contributed by atoms with Crippen molar-refractivity contribution in [1.82, 2.24) is 4.98 Å². The number of aromatic nitrogens is 1. The Morgan fingerprint density at radius 1 is 1.24 bits per heavy atom. The second kappa shape index (κ2) is 9.86. The van der Waals surface area contributed by atoms with Crippen molar-refractivity contribution in [1.29, 1.82) is 0 Å². The third-order valence-electron chi connectivity index (χ3n) is 7.05. The number of fused-ring (bicyclic) bond motifs is 2. The maximum Gasteiger partial charge on any atom is 0.316 e. The molecule has 0 bridgehead atoms. The highest BCUT2D eigenvalue weighted by molar-refractivity contribution is 6.30. The zero-order chi connectivity index (χ0) is 26.3. The molecule has 2 fully saturated rings. The summed E-state index contributed by atoms with van der Waals surface area (Å²) < 4.78 is 22.9. The molecule has 0 amide bonds. The van der Waals surface area contributed by atoms with Crippen LogP contribution in [-0.4, -0.2) is 58.1 Å². The van der Waals surface area contributed by atoms with E-state index in [1.807, 2.05) is 0 Å². The highest BCUT2D eigenvalue weighted by atomic mass is 35.5. The summed E-state index contributed by atoms with van der Waals surface area (Å²) in [5.74, 6) is -5.38. The number of benzene rings is 1. The van der Waals surface area contributed by atoms with Crippen molar-refractivity contribution < 1.29 is 43.6 Å². The predicted octanol–water partition coefficient (Wildman–Crippen LogP) is 2.54. The van der Waals surface area contributed by atoms with E-state index in [1.165, 1.54) is 37.4 Å². The fraction of sp³-hybridized carbons (Fsp3) is 0.458. The molecule has 3 aliphatic rings. The molecule has 196 valence electrons. The zero-order valence-corrected chi connectivity index (χ0v) is 20.3. The van der Waals surface area contributed by atoms with Crippen molar-refractivity contribution in [3.05, 3.63) is 68.5 Å². The molecule has 0 saturated carbocycles. The molecule has 1 aromatic heterocycles. The third kappa shape index (κ3) is 4.73. The van der Waals surface area contributed by atoms with Gasteiger partial charge in [-0.25, -0.2) is 0 Å². The molecule has 2 aromatic rings. The standard InChI is InChI=1S/C24H23ClN2O10/c1-24(37-27(31)32)11-35-20-16(10-34-21(20)24)19(18(22(28)29)12-2-4-14(25)5-3-12)23(30)36-17-7-26-6-13-8-33-9-15(13)17/h2-7,16,18-21H,8-11H2,1H3,(H,28,29)/t16?,18-,19?,20+,21-,24+/m0/s1. The van der Waals surface area contributed by atoms with Gasteiger partial charge in [-0.05, 0) is 24.6 Å². The Morgan fingerprint density at radius 3 is 2.70 bits per heavy atom. The number of carbonyl (C=O) groups is 2. The first-order chi connectivity index (χ1) is 17.7. The van der Waals surface area contributed by atoms with Gasteiger partial charge in [0.15, 0.2) is 11.4 Å². The van der Waals surface area contributed by atoms with E-state index < -0.39 is 52.6 Å². The normalized spacial score (nSPS) is 27.7. The van der Waals surface area contributed by atoms with Crippen LogP contribution in [0.15, 0.2) is 36.7 Å². The number of nitrogens with zero attached hydrogens (tertiary/aromatic N) is 2. The summed E-state index contributed by atoms with van der Waals surface area (Å²) >= 11 is 6.01. The van der Waals surface area contributed by atoms with Gasteiger partial charge in [-0.2, -0.15) is 0 Å². The molecule has 1 aromatic carbocycles. The molecule has 12 nitrogen and oxygen atoms in total. The summed E-state index contributed by atoms with van der Waals surface area (Å²) in [4.78, 5) is 46.4. The summed E-state index contributed by atoms with van der Waals surface area (Å²) in [6, 6.07) is 6.12. The van der Waals surface area contributed by atoms with Gasteiger partial charge in [-0.15, -0.1) is 10.1 Å². The van der Waals surface area contributed by atoms with Crippen molar-refractivity contribution in [2.75, 3.05) is 13.2 Å². The number of carboxylic acids is 1. The van der Waals surface area contributed by atoms with E-state index in [0.29, 0.717) is 22.8 Å². The van der Waals surface area contributed by atoms with E-state index in [9.17, 15) is 24.8 Å². The van der Waals surface area contributed by atoms with Crippen LogP contribution in [0.5, 0.6) is 5.75 Å². The molecule has 0 spiro atoms. The Kier molecular flexibility index (Phi) is 6.75. The average Bonchev–Trinajstić information content (AvgIpc) is 3.55. The summed E-state index contributed by atoms with van der Waals surface area (Å²) in [5.41, 5.74) is 0.331. The smallest absolute Gasteiger partial charge is 0.316 e. The number of carbonyl (C=O) groups excluding carboxylic acids is 1. The van der Waals surface area contributed by atoms with Crippen LogP contribution in [-0.2, 0) is 41.9 Å². The lowest BCUT2D eigenvalue weighted by molar-refractivity contribution is -0.781. The first-order valence-corrected chi connectivity index (χ1v) is 11.9. The monoisotopic (exact) mass is 534 g/mol. The maximum atomic E-state index is 13.8. The Balaban J connectivity index is 1.52. The Labute approximate surface area is 215 Å². The van der Waals surface area contributed by atoms with Gasteiger partial charge in [0.1, 0.15) is 6.10 Å². The van der Waals surface area contributed by atoms with Crippen molar-refractivity contribution in [3.8, 4) is 5.75 Å². The Bertz CT molecular complexity index is 1220. The van der Waals surface area contributed by atoms with Crippen molar-refractivity contribution in [3.63, 3.8) is 0 Å². The molecule has 6 atom stereocenters. The average molecular weight is 535 g/mol. The fourth-order valence-corrected chi connectivity index (χ4v) is 5.45. The molecular formula is C24H23ClN2O10. The number of aliphatic carboxylic acids is 1. The molecule has 5 rings (SSSR count). The molecule has 1 N–H and O–H groups in total. The van der Waals surface area contributed by atoms with E-state index in [0.717, 1.165) is 5.56 Å². The summed E-state index contributed by atoms with van der Waals surface area (Å²) in [6.07, 6.45) is 1.25. The highest BCUT2D eigenvalue weighted by Crippen LogP contribution is 2.46. The van der Waals surface area contributed by atoms with Gasteiger partial charge in [0, 0.05) is 28.3 Å². The van der Waals surface area contributed by atoms with Crippen LogP contribution >= 0.6 is 11.6 Å². The van der Waals surface area contributed by atoms with Crippen molar-refractivity contribution in [2.45, 2.75) is 43.9 Å². The van der Waals surface area contributed by atoms with Crippen molar-refractivity contribution in [2.24, 2.45) is 11.8 Å². The van der Waals surface area contributed by atoms with E-state index in [1.54, 1.807) is 6.20 Å². The molecule has 4 heterocycles. The Morgan fingerprint density at radius 2 is 2.00 bits per heavy atom. The van der Waals surface area contributed by atoms with Gasteiger partial charge in [-0.3, -0.25) is 14.6 Å². The minimum atomic E-state index is -1.42. The van der Waals surface area contributed by atoms with Crippen LogP contribution in [0.2, 0.25) is 5.02 Å². The molecule has 3 aliphatic heterocycles. The lowest BCUT2D eigenvalue weighted by atomic mass is 9.75. The number of ether oxygens (including phenoxy) is 4. The molecule has 37 heavy (non-hydrogen) atoms. The number of halogens is 1. The van der Waals surface area contributed by atoms with E-state index in [2.05, 4.69) is 4.98 Å². The third-order valence-corrected chi connectivity index (χ3v) is 7.30. The number of pyridine rings is 1. The van der Waals surface area contributed by atoms with Gasteiger partial charge in [-0.1, -0.05) is 23.7 Å². The predicted molar refractivity (Wildman–Crippen MR) is 123 cm³/mol. The number of carboxylic acid groups (broad SMARTS) is 1. The molecule has 2 saturated heterocycles. The van der Waals surface area contributed by atoms with Crippen molar-refractivity contribution >= 4 is 23.5 Å².